The highest BCUT2D eigenvalue weighted by Gasteiger charge is 1.93. The average molecular weight is 303 g/mol. The van der Waals surface area contributed by atoms with Gasteiger partial charge in [-0.25, -0.2) is 0 Å². The molecular weight excluding hydrogens is 291 g/mol. The molecule has 2 rings (SSSR count). The highest BCUT2D eigenvalue weighted by Crippen LogP contribution is 2.13. The Balaban J connectivity index is 2.02. The van der Waals surface area contributed by atoms with E-state index >= 15 is 0 Å². The first-order valence-electron chi connectivity index (χ1n) is 6.05. The standard InChI is InChI=1S/C17H12Cl2O/c18-15-5-1-3-13(11-15)7-9-17(20)10-8-14-4-2-6-16(19)12-14/h1-12H. The molecule has 3 heteroatoms. The minimum Gasteiger partial charge on any atom is -0.290 e. The lowest BCUT2D eigenvalue weighted by molar-refractivity contribution is -0.110. The molecular formula is C17H12Cl2O. The van der Waals surface area contributed by atoms with Crippen molar-refractivity contribution in [3.63, 3.8) is 0 Å². The van der Waals surface area contributed by atoms with Gasteiger partial charge in [0.05, 0.1) is 0 Å². The van der Waals surface area contributed by atoms with E-state index in [-0.39, 0.29) is 5.78 Å². The predicted octanol–water partition coefficient (Wildman–Crippen LogP) is 5.29. The quantitative estimate of drug-likeness (QED) is 0.701. The molecule has 0 heterocycles. The van der Waals surface area contributed by atoms with Crippen LogP contribution < -0.4 is 0 Å². The SMILES string of the molecule is O=C(C=Cc1cccc(Cl)c1)C=Cc1cccc(Cl)c1. The number of halogens is 2. The van der Waals surface area contributed by atoms with Crippen molar-refractivity contribution in [3.05, 3.63) is 81.9 Å². The number of benzene rings is 2. The van der Waals surface area contributed by atoms with E-state index in [0.717, 1.165) is 11.1 Å². The zero-order valence-electron chi connectivity index (χ0n) is 10.6. The van der Waals surface area contributed by atoms with Crippen molar-refractivity contribution in [1.29, 1.82) is 0 Å². The number of ketones is 1. The van der Waals surface area contributed by atoms with Crippen LogP contribution in [0.15, 0.2) is 60.7 Å². The molecule has 0 bridgehead atoms. The third-order valence-corrected chi connectivity index (χ3v) is 3.05. The second-order valence-electron chi connectivity index (χ2n) is 4.18. The molecule has 2 aromatic rings. The first-order valence-corrected chi connectivity index (χ1v) is 6.80. The Bertz CT molecular complexity index is 615. The minimum absolute atomic E-state index is 0.0926. The smallest absolute Gasteiger partial charge is 0.178 e. The molecule has 0 N–H and O–H groups in total. The van der Waals surface area contributed by atoms with E-state index in [4.69, 9.17) is 23.2 Å². The summed E-state index contributed by atoms with van der Waals surface area (Å²) in [5.41, 5.74) is 1.78. The van der Waals surface area contributed by atoms with Gasteiger partial charge in [0, 0.05) is 10.0 Å². The number of carbonyl (C=O) groups is 1. The van der Waals surface area contributed by atoms with Crippen LogP contribution in [0, 0.1) is 0 Å². The van der Waals surface area contributed by atoms with Crippen LogP contribution >= 0.6 is 23.2 Å². The van der Waals surface area contributed by atoms with Gasteiger partial charge in [-0.15, -0.1) is 0 Å². The molecule has 0 fully saturated rings. The second-order valence-corrected chi connectivity index (χ2v) is 5.05. The largest absolute Gasteiger partial charge is 0.290 e. The molecule has 0 aliphatic carbocycles. The summed E-state index contributed by atoms with van der Waals surface area (Å²) >= 11 is 11.7. The number of rotatable bonds is 4. The normalized spacial score (nSPS) is 11.3. The highest BCUT2D eigenvalue weighted by atomic mass is 35.5. The van der Waals surface area contributed by atoms with Gasteiger partial charge in [-0.3, -0.25) is 4.79 Å². The second kappa shape index (κ2) is 7.09. The van der Waals surface area contributed by atoms with Gasteiger partial charge in [0.2, 0.25) is 0 Å². The Labute approximate surface area is 128 Å². The lowest BCUT2D eigenvalue weighted by Crippen LogP contribution is -1.85. The summed E-state index contributed by atoms with van der Waals surface area (Å²) in [6.07, 6.45) is 6.48. The minimum atomic E-state index is -0.0926. The van der Waals surface area contributed by atoms with E-state index in [2.05, 4.69) is 0 Å². The van der Waals surface area contributed by atoms with Gasteiger partial charge >= 0.3 is 0 Å². The molecule has 0 radical (unpaired) electrons. The summed E-state index contributed by atoms with van der Waals surface area (Å²) in [6.45, 7) is 0. The van der Waals surface area contributed by atoms with Crippen LogP contribution in [0.3, 0.4) is 0 Å². The summed E-state index contributed by atoms with van der Waals surface area (Å²) in [6, 6.07) is 14.6. The van der Waals surface area contributed by atoms with Crippen LogP contribution in [0.4, 0.5) is 0 Å². The third-order valence-electron chi connectivity index (χ3n) is 2.58. The molecule has 2 aromatic carbocycles. The van der Waals surface area contributed by atoms with Gasteiger partial charge in [0.1, 0.15) is 0 Å². The molecule has 0 saturated carbocycles. The van der Waals surface area contributed by atoms with E-state index in [0.29, 0.717) is 10.0 Å². The van der Waals surface area contributed by atoms with E-state index < -0.39 is 0 Å². The molecule has 0 spiro atoms. The van der Waals surface area contributed by atoms with Crippen molar-refractivity contribution in [2.24, 2.45) is 0 Å². The predicted molar refractivity (Wildman–Crippen MR) is 86.0 cm³/mol. The molecule has 100 valence electrons. The van der Waals surface area contributed by atoms with Crippen LogP contribution in [-0.2, 0) is 4.79 Å². The van der Waals surface area contributed by atoms with Crippen molar-refractivity contribution >= 4 is 41.1 Å². The Morgan fingerprint density at radius 3 is 1.65 bits per heavy atom. The fourth-order valence-electron chi connectivity index (χ4n) is 1.63. The Morgan fingerprint density at radius 1 is 0.800 bits per heavy atom. The van der Waals surface area contributed by atoms with Gasteiger partial charge < -0.3 is 0 Å². The third kappa shape index (κ3) is 4.69. The van der Waals surface area contributed by atoms with Crippen molar-refractivity contribution in [2.75, 3.05) is 0 Å². The van der Waals surface area contributed by atoms with Gasteiger partial charge in [0.25, 0.3) is 0 Å². The summed E-state index contributed by atoms with van der Waals surface area (Å²) in [5.74, 6) is -0.0926. The molecule has 0 aliphatic heterocycles. The van der Waals surface area contributed by atoms with E-state index in [1.165, 1.54) is 12.2 Å². The van der Waals surface area contributed by atoms with Crippen molar-refractivity contribution < 1.29 is 4.79 Å². The Morgan fingerprint density at radius 2 is 1.25 bits per heavy atom. The van der Waals surface area contributed by atoms with E-state index in [1.807, 2.05) is 24.3 Å². The van der Waals surface area contributed by atoms with Crippen LogP contribution in [0.1, 0.15) is 11.1 Å². The molecule has 0 unspecified atom stereocenters. The zero-order chi connectivity index (χ0) is 14.4. The summed E-state index contributed by atoms with van der Waals surface area (Å²) in [5, 5.41) is 1.29. The highest BCUT2D eigenvalue weighted by molar-refractivity contribution is 6.31. The Kier molecular flexibility index (Phi) is 5.16. The number of hydrogen-bond acceptors (Lipinski definition) is 1. The van der Waals surface area contributed by atoms with Crippen molar-refractivity contribution in [3.8, 4) is 0 Å². The summed E-state index contributed by atoms with van der Waals surface area (Å²) < 4.78 is 0. The zero-order valence-corrected chi connectivity index (χ0v) is 12.1. The molecule has 0 atom stereocenters. The average Bonchev–Trinajstić information content (AvgIpc) is 2.43. The number of carbonyl (C=O) groups excluding carboxylic acids is 1. The maximum Gasteiger partial charge on any atom is 0.178 e. The van der Waals surface area contributed by atoms with Gasteiger partial charge in [-0.1, -0.05) is 59.6 Å². The van der Waals surface area contributed by atoms with Gasteiger partial charge in [0.15, 0.2) is 5.78 Å². The lowest BCUT2D eigenvalue weighted by Gasteiger charge is -1.94. The molecule has 20 heavy (non-hydrogen) atoms. The fourth-order valence-corrected chi connectivity index (χ4v) is 2.03. The fraction of sp³-hybridized carbons (Fsp3) is 0. The molecule has 0 aromatic heterocycles. The number of allylic oxidation sites excluding steroid dienone is 2. The maximum absolute atomic E-state index is 11.7. The van der Waals surface area contributed by atoms with Crippen molar-refractivity contribution in [2.45, 2.75) is 0 Å². The van der Waals surface area contributed by atoms with Crippen LogP contribution in [0.5, 0.6) is 0 Å². The maximum atomic E-state index is 11.7. The van der Waals surface area contributed by atoms with E-state index in [1.54, 1.807) is 36.4 Å². The van der Waals surface area contributed by atoms with Gasteiger partial charge in [-0.05, 0) is 47.5 Å². The monoisotopic (exact) mass is 302 g/mol. The summed E-state index contributed by atoms with van der Waals surface area (Å²) in [4.78, 5) is 11.7. The van der Waals surface area contributed by atoms with Gasteiger partial charge in [-0.2, -0.15) is 0 Å². The van der Waals surface area contributed by atoms with Crippen molar-refractivity contribution in [1.82, 2.24) is 0 Å². The van der Waals surface area contributed by atoms with Crippen LogP contribution in [0.25, 0.3) is 12.2 Å². The topological polar surface area (TPSA) is 17.1 Å². The molecule has 0 amide bonds. The first-order chi connectivity index (χ1) is 9.63. The first kappa shape index (κ1) is 14.6. The van der Waals surface area contributed by atoms with E-state index in [9.17, 15) is 4.79 Å². The number of hydrogen-bond donors (Lipinski definition) is 0. The molecule has 0 saturated heterocycles. The summed E-state index contributed by atoms with van der Waals surface area (Å²) in [7, 11) is 0. The molecule has 1 nitrogen and oxygen atoms in total. The van der Waals surface area contributed by atoms with Crippen LogP contribution in [-0.4, -0.2) is 5.78 Å². The van der Waals surface area contributed by atoms with Crippen LogP contribution in [0.2, 0.25) is 10.0 Å². The lowest BCUT2D eigenvalue weighted by atomic mass is 10.1. The Hall–Kier alpha value is -1.83. The molecule has 0 aliphatic rings.